The van der Waals surface area contributed by atoms with Crippen molar-refractivity contribution < 1.29 is 9.53 Å². The quantitative estimate of drug-likeness (QED) is 0.780. The number of methoxy groups -OCH3 is 1. The number of hydrogen-bond donors (Lipinski definition) is 2. The van der Waals surface area contributed by atoms with E-state index in [1.54, 1.807) is 7.11 Å². The van der Waals surface area contributed by atoms with E-state index in [0.717, 1.165) is 12.0 Å². The average molecular weight is 236 g/mol. The van der Waals surface area contributed by atoms with Crippen molar-refractivity contribution in [3.63, 3.8) is 0 Å². The average Bonchev–Trinajstić information content (AvgIpc) is 2.38. The lowest BCUT2D eigenvalue weighted by Crippen LogP contribution is -2.42. The molecule has 0 aliphatic heterocycles. The van der Waals surface area contributed by atoms with Crippen LogP contribution in [-0.2, 0) is 9.53 Å². The summed E-state index contributed by atoms with van der Waals surface area (Å²) in [5, 5.41) is 2.88. The molecule has 2 atom stereocenters. The number of benzene rings is 1. The maximum Gasteiger partial charge on any atom is 0.241 e. The highest BCUT2D eigenvalue weighted by atomic mass is 16.5. The van der Waals surface area contributed by atoms with Gasteiger partial charge in [0.05, 0.1) is 12.6 Å². The standard InChI is InChI=1S/C13H20N2O2/c1-3-11(9-17-2)15-13(16)12(14)10-7-5-4-6-8-10/h4-8,11-12H,3,9,14H2,1-2H3,(H,15,16)/t11?,12-/m0/s1. The Morgan fingerprint density at radius 2 is 2.06 bits per heavy atom. The highest BCUT2D eigenvalue weighted by Crippen LogP contribution is 2.09. The molecule has 0 aromatic heterocycles. The molecule has 4 heteroatoms. The molecule has 4 nitrogen and oxygen atoms in total. The van der Waals surface area contributed by atoms with Crippen molar-refractivity contribution in [2.75, 3.05) is 13.7 Å². The third-order valence-corrected chi connectivity index (χ3v) is 2.65. The minimum atomic E-state index is -0.623. The van der Waals surface area contributed by atoms with Gasteiger partial charge in [0.15, 0.2) is 0 Å². The SMILES string of the molecule is CCC(COC)NC(=O)[C@@H](N)c1ccccc1. The minimum absolute atomic E-state index is 0.0160. The number of amides is 1. The van der Waals surface area contributed by atoms with E-state index in [-0.39, 0.29) is 11.9 Å². The summed E-state index contributed by atoms with van der Waals surface area (Å²) in [5.74, 6) is -0.167. The first-order chi connectivity index (χ1) is 8.19. The van der Waals surface area contributed by atoms with Crippen LogP contribution in [0.25, 0.3) is 0 Å². The van der Waals surface area contributed by atoms with Gasteiger partial charge < -0.3 is 15.8 Å². The van der Waals surface area contributed by atoms with Crippen LogP contribution in [0.3, 0.4) is 0 Å². The first kappa shape index (κ1) is 13.7. The van der Waals surface area contributed by atoms with Gasteiger partial charge in [-0.05, 0) is 12.0 Å². The Bertz CT molecular complexity index is 341. The van der Waals surface area contributed by atoms with E-state index in [4.69, 9.17) is 10.5 Å². The Morgan fingerprint density at radius 1 is 1.41 bits per heavy atom. The van der Waals surface area contributed by atoms with Crippen LogP contribution in [0.4, 0.5) is 0 Å². The molecule has 1 aromatic carbocycles. The first-order valence-electron chi connectivity index (χ1n) is 5.78. The number of hydrogen-bond acceptors (Lipinski definition) is 3. The molecule has 0 radical (unpaired) electrons. The number of ether oxygens (including phenoxy) is 1. The second kappa shape index (κ2) is 7.04. The van der Waals surface area contributed by atoms with Crippen molar-refractivity contribution in [1.82, 2.24) is 5.32 Å². The summed E-state index contributed by atoms with van der Waals surface area (Å²) in [6, 6.07) is 8.73. The number of carbonyl (C=O) groups is 1. The lowest BCUT2D eigenvalue weighted by atomic mass is 10.1. The van der Waals surface area contributed by atoms with Gasteiger partial charge in [-0.15, -0.1) is 0 Å². The second-order valence-corrected chi connectivity index (χ2v) is 3.96. The molecule has 0 spiro atoms. The largest absolute Gasteiger partial charge is 0.383 e. The molecule has 1 aromatic rings. The molecule has 17 heavy (non-hydrogen) atoms. The predicted octanol–water partition coefficient (Wildman–Crippen LogP) is 1.23. The Hall–Kier alpha value is -1.39. The molecule has 94 valence electrons. The van der Waals surface area contributed by atoms with Crippen molar-refractivity contribution in [2.24, 2.45) is 5.73 Å². The zero-order chi connectivity index (χ0) is 12.7. The minimum Gasteiger partial charge on any atom is -0.383 e. The first-order valence-corrected chi connectivity index (χ1v) is 5.78. The Labute approximate surface area is 102 Å². The highest BCUT2D eigenvalue weighted by molar-refractivity contribution is 5.83. The fourth-order valence-electron chi connectivity index (χ4n) is 1.57. The number of rotatable bonds is 6. The molecule has 0 bridgehead atoms. The van der Waals surface area contributed by atoms with Gasteiger partial charge in [-0.1, -0.05) is 37.3 Å². The van der Waals surface area contributed by atoms with Crippen LogP contribution in [0, 0.1) is 0 Å². The fourth-order valence-corrected chi connectivity index (χ4v) is 1.57. The summed E-state index contributed by atoms with van der Waals surface area (Å²) in [5.41, 5.74) is 6.70. The number of carbonyl (C=O) groups excluding carboxylic acids is 1. The zero-order valence-corrected chi connectivity index (χ0v) is 10.3. The predicted molar refractivity (Wildman–Crippen MR) is 67.5 cm³/mol. The van der Waals surface area contributed by atoms with Gasteiger partial charge >= 0.3 is 0 Å². The Balaban J connectivity index is 2.58. The molecule has 0 aliphatic rings. The van der Waals surface area contributed by atoms with Crippen molar-refractivity contribution in [3.05, 3.63) is 35.9 Å². The summed E-state index contributed by atoms with van der Waals surface area (Å²) >= 11 is 0. The van der Waals surface area contributed by atoms with Crippen LogP contribution in [0.15, 0.2) is 30.3 Å². The Morgan fingerprint density at radius 3 is 2.59 bits per heavy atom. The molecule has 1 unspecified atom stereocenters. The van der Waals surface area contributed by atoms with Crippen molar-refractivity contribution in [2.45, 2.75) is 25.4 Å². The van der Waals surface area contributed by atoms with Gasteiger partial charge in [0.2, 0.25) is 5.91 Å². The van der Waals surface area contributed by atoms with Crippen LogP contribution in [0.5, 0.6) is 0 Å². The van der Waals surface area contributed by atoms with Gasteiger partial charge in [-0.2, -0.15) is 0 Å². The topological polar surface area (TPSA) is 64.3 Å². The van der Waals surface area contributed by atoms with E-state index in [1.165, 1.54) is 0 Å². The third-order valence-electron chi connectivity index (χ3n) is 2.65. The van der Waals surface area contributed by atoms with Crippen molar-refractivity contribution in [1.29, 1.82) is 0 Å². The van der Waals surface area contributed by atoms with E-state index < -0.39 is 6.04 Å². The highest BCUT2D eigenvalue weighted by Gasteiger charge is 2.18. The molecule has 0 heterocycles. The summed E-state index contributed by atoms with van der Waals surface area (Å²) in [4.78, 5) is 11.9. The van der Waals surface area contributed by atoms with Crippen molar-refractivity contribution in [3.8, 4) is 0 Å². The molecule has 1 amide bonds. The summed E-state index contributed by atoms with van der Waals surface area (Å²) in [7, 11) is 1.62. The van der Waals surface area contributed by atoms with Gasteiger partial charge in [-0.25, -0.2) is 0 Å². The number of nitrogens with one attached hydrogen (secondary N) is 1. The molecule has 3 N–H and O–H groups in total. The van der Waals surface area contributed by atoms with E-state index in [0.29, 0.717) is 6.61 Å². The number of nitrogens with two attached hydrogens (primary N) is 1. The third kappa shape index (κ3) is 4.17. The lowest BCUT2D eigenvalue weighted by Gasteiger charge is -2.19. The lowest BCUT2D eigenvalue weighted by molar-refractivity contribution is -0.123. The second-order valence-electron chi connectivity index (χ2n) is 3.96. The van der Waals surface area contributed by atoms with E-state index >= 15 is 0 Å². The summed E-state index contributed by atoms with van der Waals surface area (Å²) < 4.78 is 5.03. The van der Waals surface area contributed by atoms with Gasteiger partial charge in [0.1, 0.15) is 6.04 Å². The van der Waals surface area contributed by atoms with Crippen LogP contribution >= 0.6 is 0 Å². The maximum absolute atomic E-state index is 11.9. The van der Waals surface area contributed by atoms with Gasteiger partial charge in [-0.3, -0.25) is 4.79 Å². The van der Waals surface area contributed by atoms with E-state index in [1.807, 2.05) is 37.3 Å². The smallest absolute Gasteiger partial charge is 0.241 e. The van der Waals surface area contributed by atoms with Crippen molar-refractivity contribution >= 4 is 5.91 Å². The van der Waals surface area contributed by atoms with Crippen LogP contribution in [-0.4, -0.2) is 25.7 Å². The normalized spacial score (nSPS) is 14.1. The zero-order valence-electron chi connectivity index (χ0n) is 10.3. The summed E-state index contributed by atoms with van der Waals surface area (Å²) in [6.45, 7) is 2.50. The summed E-state index contributed by atoms with van der Waals surface area (Å²) in [6.07, 6.45) is 0.821. The van der Waals surface area contributed by atoms with E-state index in [2.05, 4.69) is 5.32 Å². The van der Waals surface area contributed by atoms with Crippen LogP contribution in [0.1, 0.15) is 24.9 Å². The fraction of sp³-hybridized carbons (Fsp3) is 0.462. The molecule has 0 aliphatic carbocycles. The maximum atomic E-state index is 11.9. The molecule has 0 saturated carbocycles. The van der Waals surface area contributed by atoms with E-state index in [9.17, 15) is 4.79 Å². The molecular weight excluding hydrogens is 216 g/mol. The van der Waals surface area contributed by atoms with Gasteiger partial charge in [0, 0.05) is 7.11 Å². The molecule has 1 rings (SSSR count). The molecule has 0 saturated heterocycles. The molecule has 0 fully saturated rings. The molecular formula is C13H20N2O2. The monoisotopic (exact) mass is 236 g/mol. The Kier molecular flexibility index (Phi) is 5.66. The van der Waals surface area contributed by atoms with Crippen LogP contribution in [0.2, 0.25) is 0 Å². The van der Waals surface area contributed by atoms with Crippen LogP contribution < -0.4 is 11.1 Å². The van der Waals surface area contributed by atoms with Gasteiger partial charge in [0.25, 0.3) is 0 Å².